The molecule has 1 aliphatic heterocycles. The molecule has 0 spiro atoms. The second-order valence-electron chi connectivity index (χ2n) is 4.81. The smallest absolute Gasteiger partial charge is 0.320 e. The third-order valence-electron chi connectivity index (χ3n) is 3.25. The molecule has 0 aromatic rings. The average Bonchev–Trinajstić information content (AvgIpc) is 2.18. The van der Waals surface area contributed by atoms with Crippen molar-refractivity contribution in [1.29, 1.82) is 0 Å². The first-order valence-electron chi connectivity index (χ1n) is 6.12. The highest BCUT2D eigenvalue weighted by Crippen LogP contribution is 2.20. The molecule has 1 saturated heterocycles. The van der Waals surface area contributed by atoms with Gasteiger partial charge in [-0.3, -0.25) is 4.79 Å². The standard InChI is InChI=1S/C12H23NO2/c1-3-5-9(2)8-10-6-4-7-11(13-10)12(14)15/h9-11,13H,3-8H2,1-2H3,(H,14,15). The average molecular weight is 213 g/mol. The van der Waals surface area contributed by atoms with Crippen molar-refractivity contribution in [3.05, 3.63) is 0 Å². The molecular formula is C12H23NO2. The van der Waals surface area contributed by atoms with E-state index >= 15 is 0 Å². The molecule has 3 nitrogen and oxygen atoms in total. The molecule has 0 amide bonds. The van der Waals surface area contributed by atoms with Gasteiger partial charge in [-0.1, -0.05) is 26.7 Å². The summed E-state index contributed by atoms with van der Waals surface area (Å²) in [5.74, 6) is 0.0166. The van der Waals surface area contributed by atoms with Crippen LogP contribution in [0.5, 0.6) is 0 Å². The van der Waals surface area contributed by atoms with Crippen molar-refractivity contribution in [2.45, 2.75) is 64.5 Å². The molecule has 0 aromatic heterocycles. The van der Waals surface area contributed by atoms with Crippen LogP contribution in [0.2, 0.25) is 0 Å². The zero-order valence-electron chi connectivity index (χ0n) is 9.83. The van der Waals surface area contributed by atoms with Gasteiger partial charge < -0.3 is 10.4 Å². The molecule has 88 valence electrons. The van der Waals surface area contributed by atoms with E-state index in [4.69, 9.17) is 5.11 Å². The van der Waals surface area contributed by atoms with Gasteiger partial charge in [0.2, 0.25) is 0 Å². The van der Waals surface area contributed by atoms with Crippen LogP contribution in [0.25, 0.3) is 0 Å². The molecule has 0 bridgehead atoms. The van der Waals surface area contributed by atoms with Crippen molar-refractivity contribution in [3.8, 4) is 0 Å². The Morgan fingerprint density at radius 2 is 2.27 bits per heavy atom. The normalized spacial score (nSPS) is 28.7. The molecular weight excluding hydrogens is 190 g/mol. The van der Waals surface area contributed by atoms with E-state index in [0.717, 1.165) is 25.7 Å². The third kappa shape index (κ3) is 4.20. The molecule has 3 atom stereocenters. The summed E-state index contributed by atoms with van der Waals surface area (Å²) >= 11 is 0. The molecule has 0 aliphatic carbocycles. The van der Waals surface area contributed by atoms with Gasteiger partial charge in [-0.05, 0) is 31.6 Å². The lowest BCUT2D eigenvalue weighted by Crippen LogP contribution is -2.47. The number of piperidine rings is 1. The first kappa shape index (κ1) is 12.5. The maximum absolute atomic E-state index is 10.8. The Kier molecular flexibility index (Phi) is 5.09. The number of hydrogen-bond acceptors (Lipinski definition) is 2. The number of aliphatic carboxylic acids is 1. The van der Waals surface area contributed by atoms with Gasteiger partial charge in [0.05, 0.1) is 0 Å². The fourth-order valence-corrected chi connectivity index (χ4v) is 2.50. The predicted molar refractivity (Wildman–Crippen MR) is 60.9 cm³/mol. The van der Waals surface area contributed by atoms with Gasteiger partial charge in [0.25, 0.3) is 0 Å². The molecule has 0 saturated carbocycles. The summed E-state index contributed by atoms with van der Waals surface area (Å²) in [4.78, 5) is 10.8. The van der Waals surface area contributed by atoms with Crippen LogP contribution in [-0.2, 0) is 4.79 Å². The third-order valence-corrected chi connectivity index (χ3v) is 3.25. The van der Waals surface area contributed by atoms with E-state index in [0.29, 0.717) is 12.0 Å². The zero-order chi connectivity index (χ0) is 11.3. The maximum Gasteiger partial charge on any atom is 0.320 e. The van der Waals surface area contributed by atoms with E-state index in [1.165, 1.54) is 12.8 Å². The number of rotatable bonds is 5. The molecule has 15 heavy (non-hydrogen) atoms. The summed E-state index contributed by atoms with van der Waals surface area (Å²) in [6.07, 6.45) is 6.56. The van der Waals surface area contributed by atoms with Gasteiger partial charge in [0.1, 0.15) is 6.04 Å². The van der Waals surface area contributed by atoms with Crippen LogP contribution in [0.3, 0.4) is 0 Å². The van der Waals surface area contributed by atoms with Gasteiger partial charge in [-0.25, -0.2) is 0 Å². The number of carbonyl (C=O) groups is 1. The number of nitrogens with one attached hydrogen (secondary N) is 1. The fourth-order valence-electron chi connectivity index (χ4n) is 2.50. The molecule has 2 N–H and O–H groups in total. The SMILES string of the molecule is CCCC(C)CC1CCCC(C(=O)O)N1. The highest BCUT2D eigenvalue weighted by molar-refractivity contribution is 5.73. The minimum atomic E-state index is -0.692. The molecule has 0 aromatic carbocycles. The lowest BCUT2D eigenvalue weighted by Gasteiger charge is -2.30. The van der Waals surface area contributed by atoms with Crippen LogP contribution in [-0.4, -0.2) is 23.2 Å². The molecule has 0 radical (unpaired) electrons. The van der Waals surface area contributed by atoms with Gasteiger partial charge in [-0.15, -0.1) is 0 Å². The molecule has 3 heteroatoms. The van der Waals surface area contributed by atoms with E-state index in [2.05, 4.69) is 19.2 Å². The van der Waals surface area contributed by atoms with Crippen LogP contribution < -0.4 is 5.32 Å². The largest absolute Gasteiger partial charge is 0.480 e. The highest BCUT2D eigenvalue weighted by Gasteiger charge is 2.26. The monoisotopic (exact) mass is 213 g/mol. The zero-order valence-corrected chi connectivity index (χ0v) is 9.83. The molecule has 3 unspecified atom stereocenters. The minimum absolute atomic E-state index is 0.308. The lowest BCUT2D eigenvalue weighted by atomic mass is 9.90. The highest BCUT2D eigenvalue weighted by atomic mass is 16.4. The summed E-state index contributed by atoms with van der Waals surface area (Å²) in [6.45, 7) is 4.46. The van der Waals surface area contributed by atoms with Crippen LogP contribution in [0.1, 0.15) is 52.4 Å². The van der Waals surface area contributed by atoms with Gasteiger partial charge in [0, 0.05) is 6.04 Å². The van der Waals surface area contributed by atoms with Crippen LogP contribution >= 0.6 is 0 Å². The maximum atomic E-state index is 10.8. The number of carboxylic acid groups (broad SMARTS) is 1. The quantitative estimate of drug-likeness (QED) is 0.737. The molecule has 1 aliphatic rings. The first-order valence-corrected chi connectivity index (χ1v) is 6.12. The minimum Gasteiger partial charge on any atom is -0.480 e. The molecule has 1 heterocycles. The second-order valence-corrected chi connectivity index (χ2v) is 4.81. The Balaban J connectivity index is 2.32. The number of hydrogen-bond donors (Lipinski definition) is 2. The topological polar surface area (TPSA) is 49.3 Å². The van der Waals surface area contributed by atoms with E-state index in [1.54, 1.807) is 0 Å². The van der Waals surface area contributed by atoms with E-state index < -0.39 is 5.97 Å². The van der Waals surface area contributed by atoms with Crippen LogP contribution in [0.4, 0.5) is 0 Å². The fraction of sp³-hybridized carbons (Fsp3) is 0.917. The van der Waals surface area contributed by atoms with Crippen molar-refractivity contribution in [1.82, 2.24) is 5.32 Å². The van der Waals surface area contributed by atoms with Crippen molar-refractivity contribution < 1.29 is 9.90 Å². The summed E-state index contributed by atoms with van der Waals surface area (Å²) in [5.41, 5.74) is 0. The van der Waals surface area contributed by atoms with Crippen molar-refractivity contribution in [2.24, 2.45) is 5.92 Å². The Bertz CT molecular complexity index is 206. The van der Waals surface area contributed by atoms with E-state index in [1.807, 2.05) is 0 Å². The second kappa shape index (κ2) is 6.11. The van der Waals surface area contributed by atoms with Crippen molar-refractivity contribution in [3.63, 3.8) is 0 Å². The Hall–Kier alpha value is -0.570. The summed E-state index contributed by atoms with van der Waals surface area (Å²) in [5, 5.41) is 12.2. The van der Waals surface area contributed by atoms with Crippen LogP contribution in [0, 0.1) is 5.92 Å². The summed E-state index contributed by atoms with van der Waals surface area (Å²) in [6, 6.07) is 0.110. The van der Waals surface area contributed by atoms with Gasteiger partial charge in [-0.2, -0.15) is 0 Å². The Morgan fingerprint density at radius 3 is 2.87 bits per heavy atom. The Labute approximate surface area is 92.3 Å². The number of carboxylic acids is 1. The molecule has 1 fully saturated rings. The van der Waals surface area contributed by atoms with Gasteiger partial charge >= 0.3 is 5.97 Å². The van der Waals surface area contributed by atoms with Gasteiger partial charge in [0.15, 0.2) is 0 Å². The lowest BCUT2D eigenvalue weighted by molar-refractivity contribution is -0.140. The summed E-state index contributed by atoms with van der Waals surface area (Å²) < 4.78 is 0. The van der Waals surface area contributed by atoms with E-state index in [-0.39, 0.29) is 6.04 Å². The predicted octanol–water partition coefficient (Wildman–Crippen LogP) is 2.41. The van der Waals surface area contributed by atoms with E-state index in [9.17, 15) is 4.79 Å². The van der Waals surface area contributed by atoms with Crippen LogP contribution in [0.15, 0.2) is 0 Å². The Morgan fingerprint density at radius 1 is 1.53 bits per heavy atom. The van der Waals surface area contributed by atoms with Crippen molar-refractivity contribution in [2.75, 3.05) is 0 Å². The summed E-state index contributed by atoms with van der Waals surface area (Å²) in [7, 11) is 0. The molecule has 1 rings (SSSR count). The first-order chi connectivity index (χ1) is 7.13. The van der Waals surface area contributed by atoms with Crippen molar-refractivity contribution >= 4 is 5.97 Å².